The molecule has 0 bridgehead atoms. The SMILES string of the molecule is CCCNCc1ccn(C2CCCC(S(C)(=O)=O)C2)n1. The predicted molar refractivity (Wildman–Crippen MR) is 80.4 cm³/mol. The molecule has 1 fully saturated rings. The monoisotopic (exact) mass is 299 g/mol. The van der Waals surface area contributed by atoms with Crippen molar-refractivity contribution in [2.45, 2.75) is 56.9 Å². The van der Waals surface area contributed by atoms with Gasteiger partial charge in [0.1, 0.15) is 9.84 Å². The van der Waals surface area contributed by atoms with Gasteiger partial charge in [-0.15, -0.1) is 0 Å². The highest BCUT2D eigenvalue weighted by atomic mass is 32.2. The van der Waals surface area contributed by atoms with Gasteiger partial charge in [-0.05, 0) is 38.3 Å². The van der Waals surface area contributed by atoms with E-state index in [1.807, 2.05) is 16.9 Å². The smallest absolute Gasteiger partial charge is 0.150 e. The van der Waals surface area contributed by atoms with E-state index in [-0.39, 0.29) is 11.3 Å². The highest BCUT2D eigenvalue weighted by molar-refractivity contribution is 7.91. The molecular formula is C14H25N3O2S. The summed E-state index contributed by atoms with van der Waals surface area (Å²) < 4.78 is 25.4. The Morgan fingerprint density at radius 3 is 2.95 bits per heavy atom. The van der Waals surface area contributed by atoms with E-state index >= 15 is 0 Å². The fourth-order valence-electron chi connectivity index (χ4n) is 2.82. The molecule has 1 aliphatic rings. The second-order valence-corrected chi connectivity index (χ2v) is 8.06. The third-order valence-corrected chi connectivity index (χ3v) is 5.61. The number of nitrogens with one attached hydrogen (secondary N) is 1. The molecule has 1 N–H and O–H groups in total. The molecule has 2 atom stereocenters. The Balaban J connectivity index is 1.97. The van der Waals surface area contributed by atoms with Gasteiger partial charge >= 0.3 is 0 Å². The van der Waals surface area contributed by atoms with Crippen molar-refractivity contribution in [2.75, 3.05) is 12.8 Å². The first-order valence-electron chi connectivity index (χ1n) is 7.44. The van der Waals surface area contributed by atoms with Crippen molar-refractivity contribution in [1.29, 1.82) is 0 Å². The van der Waals surface area contributed by atoms with Gasteiger partial charge in [-0.1, -0.05) is 13.3 Å². The van der Waals surface area contributed by atoms with Crippen molar-refractivity contribution in [3.63, 3.8) is 0 Å². The zero-order valence-electron chi connectivity index (χ0n) is 12.4. The molecular weight excluding hydrogens is 274 g/mol. The predicted octanol–water partition coefficient (Wildman–Crippen LogP) is 1.91. The van der Waals surface area contributed by atoms with Crippen molar-refractivity contribution >= 4 is 9.84 Å². The van der Waals surface area contributed by atoms with E-state index in [4.69, 9.17) is 0 Å². The zero-order chi connectivity index (χ0) is 14.6. The third-order valence-electron chi connectivity index (χ3n) is 3.97. The lowest BCUT2D eigenvalue weighted by molar-refractivity contribution is 0.328. The van der Waals surface area contributed by atoms with Crippen LogP contribution < -0.4 is 5.32 Å². The number of aromatic nitrogens is 2. The second kappa shape index (κ2) is 6.72. The Morgan fingerprint density at radius 2 is 2.25 bits per heavy atom. The maximum atomic E-state index is 11.7. The van der Waals surface area contributed by atoms with Crippen LogP contribution in [0.4, 0.5) is 0 Å². The third kappa shape index (κ3) is 4.06. The normalized spacial score (nSPS) is 23.9. The van der Waals surface area contributed by atoms with Gasteiger partial charge in [-0.2, -0.15) is 5.10 Å². The van der Waals surface area contributed by atoms with Crippen LogP contribution in [0.3, 0.4) is 0 Å². The Hall–Kier alpha value is -0.880. The largest absolute Gasteiger partial charge is 0.311 e. The van der Waals surface area contributed by atoms with Crippen molar-refractivity contribution in [3.05, 3.63) is 18.0 Å². The van der Waals surface area contributed by atoms with Crippen LogP contribution >= 0.6 is 0 Å². The van der Waals surface area contributed by atoms with Crippen LogP contribution in [0.15, 0.2) is 12.3 Å². The van der Waals surface area contributed by atoms with Gasteiger partial charge in [0, 0.05) is 19.0 Å². The summed E-state index contributed by atoms with van der Waals surface area (Å²) in [6.07, 6.45) is 7.92. The van der Waals surface area contributed by atoms with Crippen LogP contribution in [0.2, 0.25) is 0 Å². The fourth-order valence-corrected chi connectivity index (χ4v) is 3.98. The minimum absolute atomic E-state index is 0.202. The minimum Gasteiger partial charge on any atom is -0.311 e. The Kier molecular flexibility index (Phi) is 5.21. The molecule has 0 aromatic carbocycles. The summed E-state index contributed by atoms with van der Waals surface area (Å²) >= 11 is 0. The Morgan fingerprint density at radius 1 is 1.45 bits per heavy atom. The number of rotatable bonds is 6. The molecule has 0 radical (unpaired) electrons. The van der Waals surface area contributed by atoms with Crippen LogP contribution in [0, 0.1) is 0 Å². The molecule has 0 saturated heterocycles. The molecule has 1 saturated carbocycles. The minimum atomic E-state index is -2.93. The fraction of sp³-hybridized carbons (Fsp3) is 0.786. The van der Waals surface area contributed by atoms with Crippen LogP contribution in [0.1, 0.15) is 50.8 Å². The lowest BCUT2D eigenvalue weighted by Gasteiger charge is -2.28. The number of nitrogens with zero attached hydrogens (tertiary/aromatic N) is 2. The lowest BCUT2D eigenvalue weighted by Crippen LogP contribution is -2.29. The van der Waals surface area contributed by atoms with Crippen molar-refractivity contribution in [2.24, 2.45) is 0 Å². The maximum Gasteiger partial charge on any atom is 0.150 e. The van der Waals surface area contributed by atoms with Crippen LogP contribution in [0.25, 0.3) is 0 Å². The standard InChI is InChI=1S/C14H25N3O2S/c1-3-8-15-11-12-7-9-17(16-12)13-5-4-6-14(10-13)20(2,18)19/h7,9,13-15H,3-6,8,10-11H2,1-2H3. The van der Waals surface area contributed by atoms with E-state index in [0.717, 1.165) is 44.5 Å². The summed E-state index contributed by atoms with van der Waals surface area (Å²) in [4.78, 5) is 0. The summed E-state index contributed by atoms with van der Waals surface area (Å²) in [5.41, 5.74) is 1.03. The topological polar surface area (TPSA) is 64.0 Å². The van der Waals surface area contributed by atoms with Gasteiger partial charge in [0.05, 0.1) is 17.0 Å². The van der Waals surface area contributed by atoms with E-state index in [1.54, 1.807) is 0 Å². The summed E-state index contributed by atoms with van der Waals surface area (Å²) in [7, 11) is -2.93. The molecule has 1 aromatic heterocycles. The molecule has 114 valence electrons. The van der Waals surface area contributed by atoms with E-state index in [2.05, 4.69) is 17.3 Å². The highest BCUT2D eigenvalue weighted by Crippen LogP contribution is 2.31. The van der Waals surface area contributed by atoms with Gasteiger partial charge < -0.3 is 5.32 Å². The summed E-state index contributed by atoms with van der Waals surface area (Å²) in [5.74, 6) is 0. The van der Waals surface area contributed by atoms with E-state index < -0.39 is 9.84 Å². The second-order valence-electron chi connectivity index (χ2n) is 5.74. The van der Waals surface area contributed by atoms with Crippen molar-refractivity contribution in [1.82, 2.24) is 15.1 Å². The molecule has 2 rings (SSSR count). The molecule has 0 spiro atoms. The first-order valence-corrected chi connectivity index (χ1v) is 9.39. The van der Waals surface area contributed by atoms with E-state index in [9.17, 15) is 8.42 Å². The molecule has 1 heterocycles. The first-order chi connectivity index (χ1) is 9.50. The summed E-state index contributed by atoms with van der Waals surface area (Å²) in [6, 6.07) is 2.25. The van der Waals surface area contributed by atoms with Gasteiger partial charge in [0.15, 0.2) is 0 Å². The van der Waals surface area contributed by atoms with Gasteiger partial charge in [0.2, 0.25) is 0 Å². The van der Waals surface area contributed by atoms with E-state index in [0.29, 0.717) is 6.42 Å². The molecule has 5 nitrogen and oxygen atoms in total. The van der Waals surface area contributed by atoms with Gasteiger partial charge in [0.25, 0.3) is 0 Å². The lowest BCUT2D eigenvalue weighted by atomic mass is 9.95. The Labute approximate surface area is 121 Å². The average Bonchev–Trinajstić information content (AvgIpc) is 2.87. The van der Waals surface area contributed by atoms with Crippen LogP contribution in [-0.2, 0) is 16.4 Å². The van der Waals surface area contributed by atoms with Crippen LogP contribution in [-0.4, -0.2) is 36.2 Å². The molecule has 1 aliphatic carbocycles. The zero-order valence-corrected chi connectivity index (χ0v) is 13.2. The van der Waals surface area contributed by atoms with Gasteiger partial charge in [-0.3, -0.25) is 4.68 Å². The molecule has 2 unspecified atom stereocenters. The maximum absolute atomic E-state index is 11.7. The molecule has 6 heteroatoms. The quantitative estimate of drug-likeness (QED) is 0.815. The molecule has 1 aromatic rings. The average molecular weight is 299 g/mol. The number of hydrogen-bond acceptors (Lipinski definition) is 4. The van der Waals surface area contributed by atoms with E-state index in [1.165, 1.54) is 6.26 Å². The number of hydrogen-bond donors (Lipinski definition) is 1. The summed E-state index contributed by atoms with van der Waals surface area (Å²) in [6.45, 7) is 3.91. The Bertz CT molecular complexity index is 524. The van der Waals surface area contributed by atoms with Crippen molar-refractivity contribution < 1.29 is 8.42 Å². The highest BCUT2D eigenvalue weighted by Gasteiger charge is 2.30. The molecule has 0 amide bonds. The van der Waals surface area contributed by atoms with Gasteiger partial charge in [-0.25, -0.2) is 8.42 Å². The summed E-state index contributed by atoms with van der Waals surface area (Å²) in [5, 5.41) is 7.71. The first kappa shape index (κ1) is 15.5. The molecule has 20 heavy (non-hydrogen) atoms. The van der Waals surface area contributed by atoms with Crippen LogP contribution in [0.5, 0.6) is 0 Å². The molecule has 0 aliphatic heterocycles. The van der Waals surface area contributed by atoms with Crippen molar-refractivity contribution in [3.8, 4) is 0 Å². The number of sulfone groups is 1.